The molecule has 1 aromatic carbocycles. The minimum absolute atomic E-state index is 0.270. The van der Waals surface area contributed by atoms with Gasteiger partial charge in [-0.2, -0.15) is 4.98 Å². The van der Waals surface area contributed by atoms with Gasteiger partial charge in [-0.3, -0.25) is 0 Å². The number of aromatic nitrogens is 2. The molecular weight excluding hydrogens is 242 g/mol. The Labute approximate surface area is 111 Å². The summed E-state index contributed by atoms with van der Waals surface area (Å²) in [5, 5.41) is 4.02. The summed E-state index contributed by atoms with van der Waals surface area (Å²) in [4.78, 5) is 4.32. The van der Waals surface area contributed by atoms with Gasteiger partial charge in [-0.15, -0.1) is 0 Å². The van der Waals surface area contributed by atoms with Gasteiger partial charge in [0.25, 0.3) is 0 Å². The van der Waals surface area contributed by atoms with Crippen LogP contribution in [0.25, 0.3) is 11.4 Å². The van der Waals surface area contributed by atoms with Crippen molar-refractivity contribution in [2.45, 2.75) is 25.3 Å². The minimum Gasteiger partial charge on any atom is -0.381 e. The molecule has 2 heterocycles. The average molecular weight is 259 g/mol. The van der Waals surface area contributed by atoms with Crippen molar-refractivity contribution in [3.63, 3.8) is 0 Å². The molecule has 0 bridgehead atoms. The van der Waals surface area contributed by atoms with Crippen LogP contribution in [-0.2, 0) is 11.3 Å². The van der Waals surface area contributed by atoms with E-state index in [1.54, 1.807) is 0 Å². The molecule has 2 N–H and O–H groups in total. The summed E-state index contributed by atoms with van der Waals surface area (Å²) in [5.41, 5.74) is 7.82. The van der Waals surface area contributed by atoms with Gasteiger partial charge in [-0.1, -0.05) is 29.4 Å². The van der Waals surface area contributed by atoms with Crippen molar-refractivity contribution in [1.29, 1.82) is 0 Å². The lowest BCUT2D eigenvalue weighted by Crippen LogP contribution is -2.14. The Bertz CT molecular complexity index is 547. The van der Waals surface area contributed by atoms with Crippen LogP contribution in [0, 0.1) is 0 Å². The van der Waals surface area contributed by atoms with E-state index in [0.717, 1.165) is 31.6 Å². The Hall–Kier alpha value is -1.72. The van der Waals surface area contributed by atoms with Crippen LogP contribution in [-0.4, -0.2) is 23.4 Å². The summed E-state index contributed by atoms with van der Waals surface area (Å²) < 4.78 is 10.5. The Morgan fingerprint density at radius 1 is 1.21 bits per heavy atom. The van der Waals surface area contributed by atoms with Crippen molar-refractivity contribution in [3.8, 4) is 11.4 Å². The van der Waals surface area contributed by atoms with Crippen LogP contribution in [0.15, 0.2) is 28.8 Å². The zero-order valence-electron chi connectivity index (χ0n) is 10.7. The van der Waals surface area contributed by atoms with Crippen LogP contribution in [0.5, 0.6) is 0 Å². The molecule has 1 aliphatic rings. The predicted octanol–water partition coefficient (Wildman–Crippen LogP) is 2.09. The van der Waals surface area contributed by atoms with Crippen LogP contribution < -0.4 is 5.73 Å². The zero-order valence-corrected chi connectivity index (χ0v) is 10.7. The highest BCUT2D eigenvalue weighted by Crippen LogP contribution is 2.33. The molecule has 19 heavy (non-hydrogen) atoms. The number of hydrogen-bond acceptors (Lipinski definition) is 5. The van der Waals surface area contributed by atoms with Crippen molar-refractivity contribution >= 4 is 0 Å². The first kappa shape index (κ1) is 12.3. The molecule has 0 atom stereocenters. The van der Waals surface area contributed by atoms with E-state index in [4.69, 9.17) is 15.0 Å². The fraction of sp³-hybridized carbons (Fsp3) is 0.429. The maximum Gasteiger partial charge on any atom is 0.240 e. The van der Waals surface area contributed by atoms with Crippen molar-refractivity contribution in [2.24, 2.45) is 5.73 Å². The molecule has 0 unspecified atom stereocenters. The van der Waals surface area contributed by atoms with E-state index in [0.29, 0.717) is 17.6 Å². The third-order valence-corrected chi connectivity index (χ3v) is 3.51. The monoisotopic (exact) mass is 259 g/mol. The first-order chi connectivity index (χ1) is 9.38. The summed E-state index contributed by atoms with van der Waals surface area (Å²) in [7, 11) is 0. The first-order valence-electron chi connectivity index (χ1n) is 6.58. The van der Waals surface area contributed by atoms with E-state index in [1.807, 2.05) is 12.1 Å². The van der Waals surface area contributed by atoms with E-state index in [9.17, 15) is 0 Å². The highest BCUT2D eigenvalue weighted by atomic mass is 16.5. The topological polar surface area (TPSA) is 74.2 Å². The highest BCUT2D eigenvalue weighted by molar-refractivity contribution is 5.60. The number of rotatable bonds is 3. The van der Waals surface area contributed by atoms with E-state index < -0.39 is 0 Å². The van der Waals surface area contributed by atoms with Crippen LogP contribution in [0.3, 0.4) is 0 Å². The summed E-state index contributed by atoms with van der Waals surface area (Å²) in [5.74, 6) is 1.60. The van der Waals surface area contributed by atoms with Crippen molar-refractivity contribution in [1.82, 2.24) is 10.1 Å². The Kier molecular flexibility index (Phi) is 3.57. The molecule has 0 amide bonds. The molecular formula is C14H17N3O2. The molecule has 1 saturated heterocycles. The van der Waals surface area contributed by atoms with Gasteiger partial charge in [-0.05, 0) is 24.3 Å². The first-order valence-corrected chi connectivity index (χ1v) is 6.58. The number of hydrogen-bond donors (Lipinski definition) is 1. The summed E-state index contributed by atoms with van der Waals surface area (Å²) in [6.07, 6.45) is 2.08. The lowest BCUT2D eigenvalue weighted by atomic mass is 9.88. The Morgan fingerprint density at radius 2 is 2.00 bits per heavy atom. The largest absolute Gasteiger partial charge is 0.381 e. The van der Waals surface area contributed by atoms with Gasteiger partial charge in [-0.25, -0.2) is 0 Å². The van der Waals surface area contributed by atoms with E-state index in [-0.39, 0.29) is 6.54 Å². The minimum atomic E-state index is 0.270. The molecule has 5 heteroatoms. The molecule has 0 radical (unpaired) electrons. The Balaban J connectivity index is 1.96. The quantitative estimate of drug-likeness (QED) is 0.913. The SMILES string of the molecule is NCc1nc(-c2ccccc2C2CCOCC2)no1. The van der Waals surface area contributed by atoms with Gasteiger partial charge >= 0.3 is 0 Å². The zero-order chi connectivity index (χ0) is 13.1. The third kappa shape index (κ3) is 2.52. The van der Waals surface area contributed by atoms with Crippen LogP contribution in [0.4, 0.5) is 0 Å². The van der Waals surface area contributed by atoms with Gasteiger partial charge < -0.3 is 15.0 Å². The van der Waals surface area contributed by atoms with Crippen molar-refractivity contribution < 1.29 is 9.26 Å². The Morgan fingerprint density at radius 3 is 2.74 bits per heavy atom. The maximum atomic E-state index is 5.51. The van der Waals surface area contributed by atoms with Crippen LogP contribution in [0.2, 0.25) is 0 Å². The van der Waals surface area contributed by atoms with E-state index >= 15 is 0 Å². The van der Waals surface area contributed by atoms with Crippen LogP contribution >= 0.6 is 0 Å². The standard InChI is InChI=1S/C14H17N3O2/c15-9-13-16-14(17-19-13)12-4-2-1-3-11(12)10-5-7-18-8-6-10/h1-4,10H,5-9,15H2. The molecule has 3 rings (SSSR count). The van der Waals surface area contributed by atoms with E-state index in [2.05, 4.69) is 22.3 Å². The van der Waals surface area contributed by atoms with Gasteiger partial charge in [0.05, 0.1) is 6.54 Å². The molecule has 5 nitrogen and oxygen atoms in total. The maximum absolute atomic E-state index is 5.51. The molecule has 100 valence electrons. The molecule has 1 aliphatic heterocycles. The van der Waals surface area contributed by atoms with Gasteiger partial charge in [0, 0.05) is 18.8 Å². The smallest absolute Gasteiger partial charge is 0.240 e. The number of benzene rings is 1. The molecule has 0 aliphatic carbocycles. The fourth-order valence-electron chi connectivity index (χ4n) is 2.51. The molecule has 0 spiro atoms. The summed E-state index contributed by atoms with van der Waals surface area (Å²) in [6, 6.07) is 8.23. The highest BCUT2D eigenvalue weighted by Gasteiger charge is 2.21. The molecule has 1 aromatic heterocycles. The molecule has 1 fully saturated rings. The number of nitrogens with two attached hydrogens (primary N) is 1. The summed E-state index contributed by atoms with van der Waals surface area (Å²) in [6.45, 7) is 1.91. The molecule has 0 saturated carbocycles. The number of nitrogens with zero attached hydrogens (tertiary/aromatic N) is 2. The third-order valence-electron chi connectivity index (χ3n) is 3.51. The van der Waals surface area contributed by atoms with Crippen molar-refractivity contribution in [2.75, 3.05) is 13.2 Å². The fourth-order valence-corrected chi connectivity index (χ4v) is 2.51. The second-order valence-electron chi connectivity index (χ2n) is 4.69. The van der Waals surface area contributed by atoms with Crippen LogP contribution in [0.1, 0.15) is 30.2 Å². The predicted molar refractivity (Wildman–Crippen MR) is 70.4 cm³/mol. The normalized spacial score (nSPS) is 16.7. The lowest BCUT2D eigenvalue weighted by molar-refractivity contribution is 0.0854. The van der Waals surface area contributed by atoms with Gasteiger partial charge in [0.15, 0.2) is 0 Å². The van der Waals surface area contributed by atoms with Gasteiger partial charge in [0.2, 0.25) is 11.7 Å². The van der Waals surface area contributed by atoms with Crippen molar-refractivity contribution in [3.05, 3.63) is 35.7 Å². The number of ether oxygens (including phenoxy) is 1. The second-order valence-corrected chi connectivity index (χ2v) is 4.69. The lowest BCUT2D eigenvalue weighted by Gasteiger charge is -2.23. The molecule has 2 aromatic rings. The van der Waals surface area contributed by atoms with Gasteiger partial charge in [0.1, 0.15) is 0 Å². The van der Waals surface area contributed by atoms with E-state index in [1.165, 1.54) is 5.56 Å². The average Bonchev–Trinajstić information content (AvgIpc) is 2.97. The summed E-state index contributed by atoms with van der Waals surface area (Å²) >= 11 is 0. The second kappa shape index (κ2) is 5.50.